The van der Waals surface area contributed by atoms with Gasteiger partial charge in [0.05, 0.1) is 5.56 Å². The topological polar surface area (TPSA) is 69.1 Å². The average molecular weight is 226 g/mol. The molecule has 0 aliphatic carbocycles. The molecule has 72 valence electrons. The zero-order valence-corrected chi connectivity index (χ0v) is 8.52. The molecule has 0 saturated carbocycles. The number of aromatic amines is 1. The molecule has 0 spiro atoms. The number of hydrogen-bond donors (Lipinski definition) is 3. The highest BCUT2D eigenvalue weighted by molar-refractivity contribution is 7.73. The summed E-state index contributed by atoms with van der Waals surface area (Å²) in [6.45, 7) is 0. The number of H-pyrrole nitrogens is 1. The van der Waals surface area contributed by atoms with Gasteiger partial charge in [-0.15, -0.1) is 0 Å². The first-order valence-corrected chi connectivity index (χ1v) is 4.97. The second-order valence-electron chi connectivity index (χ2n) is 2.62. The molecule has 0 bridgehead atoms. The Labute approximate surface area is 88.5 Å². The number of nitrogens with one attached hydrogen (secondary N) is 1. The maximum Gasteiger partial charge on any atom is 0.176 e. The maximum absolute atomic E-state index is 9.51. The van der Waals surface area contributed by atoms with Gasteiger partial charge >= 0.3 is 0 Å². The number of hydrogen-bond acceptors (Lipinski definition) is 5. The Kier molecular flexibility index (Phi) is 2.22. The summed E-state index contributed by atoms with van der Waals surface area (Å²) in [5.74, 6) is 0.152. The lowest BCUT2D eigenvalue weighted by Gasteiger charge is -1.99. The molecule has 2 aromatic rings. The summed E-state index contributed by atoms with van der Waals surface area (Å²) in [6.07, 6.45) is 0. The summed E-state index contributed by atoms with van der Waals surface area (Å²) in [7, 11) is 0. The standard InChI is InChI=1S/C8H6N2O2S2/c11-4-1-2-6(12)5(3-4)7-9-10-8(13)14-7/h1-3,11-12H,(H,10,13). The van der Waals surface area contributed by atoms with Gasteiger partial charge in [0.15, 0.2) is 3.95 Å². The summed E-state index contributed by atoms with van der Waals surface area (Å²) in [6, 6.07) is 4.26. The molecule has 1 aromatic heterocycles. The Balaban J connectivity index is 2.61. The Bertz CT molecular complexity index is 518. The number of phenols is 2. The Hall–Kier alpha value is -1.40. The lowest BCUT2D eigenvalue weighted by atomic mass is 10.2. The molecule has 0 amide bonds. The minimum absolute atomic E-state index is 0.0700. The summed E-state index contributed by atoms with van der Waals surface area (Å²) in [4.78, 5) is 0. The van der Waals surface area contributed by atoms with Crippen LogP contribution in [0.25, 0.3) is 10.6 Å². The molecular formula is C8H6N2O2S2. The van der Waals surface area contributed by atoms with Crippen molar-refractivity contribution in [2.24, 2.45) is 0 Å². The van der Waals surface area contributed by atoms with Crippen molar-refractivity contribution in [2.45, 2.75) is 0 Å². The second kappa shape index (κ2) is 3.39. The van der Waals surface area contributed by atoms with Crippen LogP contribution in [0.2, 0.25) is 0 Å². The Morgan fingerprint density at radius 2 is 2.14 bits per heavy atom. The van der Waals surface area contributed by atoms with E-state index in [2.05, 4.69) is 10.2 Å². The molecule has 14 heavy (non-hydrogen) atoms. The van der Waals surface area contributed by atoms with Gasteiger partial charge in [0.2, 0.25) is 0 Å². The zero-order chi connectivity index (χ0) is 10.1. The van der Waals surface area contributed by atoms with Gasteiger partial charge in [-0.2, -0.15) is 5.10 Å². The van der Waals surface area contributed by atoms with Crippen molar-refractivity contribution >= 4 is 23.6 Å². The van der Waals surface area contributed by atoms with Crippen molar-refractivity contribution < 1.29 is 10.2 Å². The quantitative estimate of drug-likeness (QED) is 0.515. The van der Waals surface area contributed by atoms with E-state index >= 15 is 0 Å². The highest BCUT2D eigenvalue weighted by Crippen LogP contribution is 2.32. The van der Waals surface area contributed by atoms with Crippen LogP contribution < -0.4 is 0 Å². The van der Waals surface area contributed by atoms with Gasteiger partial charge in [0.1, 0.15) is 16.5 Å². The van der Waals surface area contributed by atoms with Crippen molar-refractivity contribution in [3.05, 3.63) is 22.2 Å². The van der Waals surface area contributed by atoms with E-state index in [0.29, 0.717) is 14.5 Å². The van der Waals surface area contributed by atoms with Crippen LogP contribution in [-0.4, -0.2) is 20.4 Å². The fourth-order valence-electron chi connectivity index (χ4n) is 1.04. The van der Waals surface area contributed by atoms with Crippen LogP contribution in [0.4, 0.5) is 0 Å². The van der Waals surface area contributed by atoms with Crippen LogP contribution >= 0.6 is 23.6 Å². The highest BCUT2D eigenvalue weighted by Gasteiger charge is 2.08. The van der Waals surface area contributed by atoms with Crippen molar-refractivity contribution in [1.82, 2.24) is 10.2 Å². The predicted octanol–water partition coefficient (Wildman–Crippen LogP) is 2.28. The third-order valence-corrected chi connectivity index (χ3v) is 2.77. The molecule has 0 aliphatic rings. The van der Waals surface area contributed by atoms with Crippen molar-refractivity contribution in [3.8, 4) is 22.1 Å². The van der Waals surface area contributed by atoms with E-state index in [1.165, 1.54) is 29.5 Å². The number of nitrogens with zero attached hydrogens (tertiary/aromatic N) is 1. The smallest absolute Gasteiger partial charge is 0.176 e. The zero-order valence-electron chi connectivity index (χ0n) is 6.89. The molecule has 0 saturated heterocycles. The second-order valence-corrected chi connectivity index (χ2v) is 4.29. The van der Waals surface area contributed by atoms with Crippen LogP contribution in [0, 0.1) is 3.95 Å². The van der Waals surface area contributed by atoms with Gasteiger partial charge in [-0.3, -0.25) is 5.10 Å². The third kappa shape index (κ3) is 1.61. The predicted molar refractivity (Wildman–Crippen MR) is 56.1 cm³/mol. The van der Waals surface area contributed by atoms with Gasteiger partial charge in [-0.05, 0) is 30.4 Å². The SMILES string of the molecule is Oc1ccc(O)c(-c2n[nH]c(=S)s2)c1. The molecule has 3 N–H and O–H groups in total. The molecular weight excluding hydrogens is 220 g/mol. The molecule has 0 radical (unpaired) electrons. The van der Waals surface area contributed by atoms with Crippen LogP contribution in [0.3, 0.4) is 0 Å². The Morgan fingerprint density at radius 1 is 1.36 bits per heavy atom. The van der Waals surface area contributed by atoms with Crippen LogP contribution in [0.5, 0.6) is 11.5 Å². The molecule has 4 nitrogen and oxygen atoms in total. The van der Waals surface area contributed by atoms with Gasteiger partial charge in [-0.1, -0.05) is 11.3 Å². The third-order valence-electron chi connectivity index (χ3n) is 1.65. The first-order chi connectivity index (χ1) is 6.66. The number of rotatable bonds is 1. The summed E-state index contributed by atoms with van der Waals surface area (Å²) in [5.41, 5.74) is 0.474. The van der Waals surface area contributed by atoms with E-state index in [0.717, 1.165) is 0 Å². The monoisotopic (exact) mass is 226 g/mol. The van der Waals surface area contributed by atoms with Gasteiger partial charge in [0.25, 0.3) is 0 Å². The summed E-state index contributed by atoms with van der Waals surface area (Å²) < 4.78 is 0.530. The van der Waals surface area contributed by atoms with E-state index < -0.39 is 0 Å². The first kappa shape index (κ1) is 9.17. The number of aromatic hydroxyl groups is 2. The highest BCUT2D eigenvalue weighted by atomic mass is 32.1. The average Bonchev–Trinajstić information content (AvgIpc) is 2.56. The van der Waals surface area contributed by atoms with Crippen LogP contribution in [-0.2, 0) is 0 Å². The molecule has 0 aliphatic heterocycles. The van der Waals surface area contributed by atoms with Crippen molar-refractivity contribution in [2.75, 3.05) is 0 Å². The van der Waals surface area contributed by atoms with E-state index in [-0.39, 0.29) is 11.5 Å². The number of phenolic OH excluding ortho intramolecular Hbond substituents is 2. The lowest BCUT2D eigenvalue weighted by Crippen LogP contribution is -1.78. The Morgan fingerprint density at radius 3 is 2.79 bits per heavy atom. The first-order valence-electron chi connectivity index (χ1n) is 3.74. The molecule has 6 heteroatoms. The van der Waals surface area contributed by atoms with E-state index in [1.54, 1.807) is 0 Å². The molecule has 2 rings (SSSR count). The minimum Gasteiger partial charge on any atom is -0.508 e. The molecule has 1 heterocycles. The van der Waals surface area contributed by atoms with Crippen molar-refractivity contribution in [1.29, 1.82) is 0 Å². The van der Waals surface area contributed by atoms with Gasteiger partial charge in [0, 0.05) is 0 Å². The lowest BCUT2D eigenvalue weighted by molar-refractivity contribution is 0.462. The fraction of sp³-hybridized carbons (Fsp3) is 0. The van der Waals surface area contributed by atoms with Crippen molar-refractivity contribution in [3.63, 3.8) is 0 Å². The number of aromatic nitrogens is 2. The minimum atomic E-state index is 0.0700. The number of benzene rings is 1. The van der Waals surface area contributed by atoms with Crippen LogP contribution in [0.1, 0.15) is 0 Å². The summed E-state index contributed by atoms with van der Waals surface area (Å²) >= 11 is 6.11. The van der Waals surface area contributed by atoms with Gasteiger partial charge in [-0.25, -0.2) is 0 Å². The van der Waals surface area contributed by atoms with Gasteiger partial charge < -0.3 is 10.2 Å². The molecule has 1 aromatic carbocycles. The largest absolute Gasteiger partial charge is 0.508 e. The fourth-order valence-corrected chi connectivity index (χ4v) is 1.95. The van der Waals surface area contributed by atoms with Crippen LogP contribution in [0.15, 0.2) is 18.2 Å². The molecule has 0 fully saturated rings. The maximum atomic E-state index is 9.51. The molecule has 0 atom stereocenters. The normalized spacial score (nSPS) is 10.3. The van der Waals surface area contributed by atoms with E-state index in [4.69, 9.17) is 12.2 Å². The van der Waals surface area contributed by atoms with E-state index in [1.807, 2.05) is 0 Å². The van der Waals surface area contributed by atoms with E-state index in [9.17, 15) is 10.2 Å². The molecule has 0 unspecified atom stereocenters. The summed E-state index contributed by atoms with van der Waals surface area (Å²) in [5, 5.41) is 25.8.